The fourth-order valence-electron chi connectivity index (χ4n) is 1.15. The SMILES string of the molecule is O=C(O)[C@H](CS)N(F)Cc1ccccc1. The number of carboxylic acids is 1. The number of aliphatic carboxylic acids is 1. The van der Waals surface area contributed by atoms with Gasteiger partial charge in [0, 0.05) is 5.75 Å². The molecule has 0 heterocycles. The van der Waals surface area contributed by atoms with Crippen LogP contribution in [0.1, 0.15) is 5.56 Å². The summed E-state index contributed by atoms with van der Waals surface area (Å²) >= 11 is 3.80. The number of hydrogen-bond acceptors (Lipinski definition) is 3. The number of nitrogens with zero attached hydrogens (tertiary/aromatic N) is 1. The quantitative estimate of drug-likeness (QED) is 0.597. The van der Waals surface area contributed by atoms with E-state index < -0.39 is 12.0 Å². The van der Waals surface area contributed by atoms with Crippen molar-refractivity contribution in [2.75, 3.05) is 5.75 Å². The van der Waals surface area contributed by atoms with Gasteiger partial charge in [0.25, 0.3) is 0 Å². The summed E-state index contributed by atoms with van der Waals surface area (Å²) in [6.07, 6.45) is 0. The molecule has 0 saturated carbocycles. The minimum atomic E-state index is -1.21. The van der Waals surface area contributed by atoms with Crippen LogP contribution in [-0.4, -0.2) is 28.0 Å². The molecule has 1 aromatic rings. The third kappa shape index (κ3) is 3.53. The number of rotatable bonds is 5. The van der Waals surface area contributed by atoms with Gasteiger partial charge in [-0.3, -0.25) is 4.79 Å². The first kappa shape index (κ1) is 12.0. The number of halogens is 1. The molecular formula is C10H12FNO2S. The Morgan fingerprint density at radius 2 is 2.07 bits per heavy atom. The Bertz CT molecular complexity index is 320. The molecule has 0 aliphatic rings. The van der Waals surface area contributed by atoms with E-state index in [1.807, 2.05) is 6.07 Å². The average Bonchev–Trinajstić information content (AvgIpc) is 2.19. The number of hydrogen-bond donors (Lipinski definition) is 2. The summed E-state index contributed by atoms with van der Waals surface area (Å²) in [4.78, 5) is 10.6. The van der Waals surface area contributed by atoms with Crippen LogP contribution in [0.15, 0.2) is 30.3 Å². The Labute approximate surface area is 92.9 Å². The first-order valence-corrected chi connectivity index (χ1v) is 5.08. The molecule has 0 radical (unpaired) electrons. The molecule has 0 spiro atoms. The average molecular weight is 229 g/mol. The van der Waals surface area contributed by atoms with E-state index in [0.717, 1.165) is 5.56 Å². The summed E-state index contributed by atoms with van der Waals surface area (Å²) in [7, 11) is 0. The molecule has 0 amide bonds. The molecule has 1 atom stereocenters. The van der Waals surface area contributed by atoms with Crippen molar-refractivity contribution in [3.05, 3.63) is 35.9 Å². The maximum atomic E-state index is 13.4. The van der Waals surface area contributed by atoms with Crippen LogP contribution in [-0.2, 0) is 11.3 Å². The van der Waals surface area contributed by atoms with Crippen molar-refractivity contribution in [2.24, 2.45) is 0 Å². The summed E-state index contributed by atoms with van der Waals surface area (Å²) in [5.74, 6) is -1.26. The van der Waals surface area contributed by atoms with Crippen LogP contribution in [0.2, 0.25) is 0 Å². The highest BCUT2D eigenvalue weighted by Crippen LogP contribution is 2.10. The fraction of sp³-hybridized carbons (Fsp3) is 0.300. The van der Waals surface area contributed by atoms with Gasteiger partial charge in [-0.05, 0) is 5.56 Å². The van der Waals surface area contributed by atoms with Gasteiger partial charge in [0.15, 0.2) is 0 Å². The Hall–Kier alpha value is -1.07. The van der Waals surface area contributed by atoms with Gasteiger partial charge < -0.3 is 5.11 Å². The van der Waals surface area contributed by atoms with Crippen LogP contribution in [0.4, 0.5) is 4.48 Å². The van der Waals surface area contributed by atoms with Crippen LogP contribution >= 0.6 is 12.6 Å². The maximum Gasteiger partial charge on any atom is 0.324 e. The number of carbonyl (C=O) groups is 1. The van der Waals surface area contributed by atoms with Crippen molar-refractivity contribution in [3.8, 4) is 0 Å². The maximum absolute atomic E-state index is 13.4. The zero-order chi connectivity index (χ0) is 11.3. The monoisotopic (exact) mass is 229 g/mol. The first-order chi connectivity index (χ1) is 7.15. The summed E-state index contributed by atoms with van der Waals surface area (Å²) in [5.41, 5.74) is 0.730. The van der Waals surface area contributed by atoms with E-state index in [4.69, 9.17) is 5.11 Å². The first-order valence-electron chi connectivity index (χ1n) is 4.45. The molecule has 3 nitrogen and oxygen atoms in total. The van der Waals surface area contributed by atoms with E-state index in [0.29, 0.717) is 0 Å². The minimum absolute atomic E-state index is 0.0433. The van der Waals surface area contributed by atoms with E-state index in [9.17, 15) is 9.28 Å². The summed E-state index contributed by atoms with van der Waals surface area (Å²) in [6.45, 7) is -0.0433. The lowest BCUT2D eigenvalue weighted by Crippen LogP contribution is -2.36. The molecule has 1 aromatic carbocycles. The molecule has 0 bridgehead atoms. The molecular weight excluding hydrogens is 217 g/mol. The Morgan fingerprint density at radius 3 is 2.53 bits per heavy atom. The molecule has 0 unspecified atom stereocenters. The highest BCUT2D eigenvalue weighted by molar-refractivity contribution is 7.80. The Balaban J connectivity index is 2.62. The lowest BCUT2D eigenvalue weighted by molar-refractivity contribution is -0.150. The van der Waals surface area contributed by atoms with Crippen molar-refractivity contribution in [1.82, 2.24) is 5.12 Å². The Morgan fingerprint density at radius 1 is 1.47 bits per heavy atom. The highest BCUT2D eigenvalue weighted by Gasteiger charge is 2.24. The smallest absolute Gasteiger partial charge is 0.324 e. The zero-order valence-electron chi connectivity index (χ0n) is 8.01. The predicted molar refractivity (Wildman–Crippen MR) is 58.4 cm³/mol. The van der Waals surface area contributed by atoms with E-state index >= 15 is 0 Å². The molecule has 5 heteroatoms. The van der Waals surface area contributed by atoms with Crippen LogP contribution in [0.3, 0.4) is 0 Å². The summed E-state index contributed by atoms with van der Waals surface area (Å²) < 4.78 is 13.4. The highest BCUT2D eigenvalue weighted by atomic mass is 32.1. The molecule has 0 aliphatic carbocycles. The van der Waals surface area contributed by atoms with Gasteiger partial charge in [-0.2, -0.15) is 12.6 Å². The summed E-state index contributed by atoms with van der Waals surface area (Å²) in [6, 6.07) is 7.65. The van der Waals surface area contributed by atoms with E-state index in [1.165, 1.54) is 0 Å². The van der Waals surface area contributed by atoms with Gasteiger partial charge >= 0.3 is 5.97 Å². The van der Waals surface area contributed by atoms with Gasteiger partial charge in [-0.25, -0.2) is 0 Å². The lowest BCUT2D eigenvalue weighted by atomic mass is 10.2. The van der Waals surface area contributed by atoms with Crippen molar-refractivity contribution >= 4 is 18.6 Å². The van der Waals surface area contributed by atoms with E-state index in [2.05, 4.69) is 12.6 Å². The normalized spacial score (nSPS) is 12.7. The molecule has 0 aliphatic heterocycles. The fourth-order valence-corrected chi connectivity index (χ4v) is 1.49. The van der Waals surface area contributed by atoms with Crippen LogP contribution in [0.25, 0.3) is 0 Å². The van der Waals surface area contributed by atoms with Crippen molar-refractivity contribution in [2.45, 2.75) is 12.6 Å². The van der Waals surface area contributed by atoms with Gasteiger partial charge in [0.2, 0.25) is 0 Å². The van der Waals surface area contributed by atoms with Crippen LogP contribution in [0, 0.1) is 0 Å². The second kappa shape index (κ2) is 5.72. The van der Waals surface area contributed by atoms with Crippen molar-refractivity contribution < 1.29 is 14.4 Å². The van der Waals surface area contributed by atoms with Gasteiger partial charge in [0.05, 0.1) is 6.54 Å². The molecule has 0 fully saturated rings. The summed E-state index contributed by atoms with van der Waals surface area (Å²) in [5, 5.41) is 8.97. The van der Waals surface area contributed by atoms with E-state index in [1.54, 1.807) is 24.3 Å². The largest absolute Gasteiger partial charge is 0.480 e. The Kier molecular flexibility index (Phi) is 4.58. The third-order valence-corrected chi connectivity index (χ3v) is 2.32. The van der Waals surface area contributed by atoms with Gasteiger partial charge in [-0.15, -0.1) is 9.60 Å². The number of carboxylic acid groups (broad SMARTS) is 1. The number of thiol groups is 1. The third-order valence-electron chi connectivity index (χ3n) is 1.97. The molecule has 0 aromatic heterocycles. The second-order valence-corrected chi connectivity index (χ2v) is 3.45. The van der Waals surface area contributed by atoms with Gasteiger partial charge in [0.1, 0.15) is 6.04 Å². The lowest BCUT2D eigenvalue weighted by Gasteiger charge is -2.17. The van der Waals surface area contributed by atoms with Crippen LogP contribution in [0.5, 0.6) is 0 Å². The molecule has 0 saturated heterocycles. The predicted octanol–water partition coefficient (Wildman–Crippen LogP) is 1.76. The molecule has 15 heavy (non-hydrogen) atoms. The molecule has 1 N–H and O–H groups in total. The standard InChI is InChI=1S/C10H12FNO2S/c11-12(9(7-15)10(13)14)6-8-4-2-1-3-5-8/h1-5,9,15H,6-7H2,(H,13,14)/t9-/m0/s1. The molecule has 1 rings (SSSR count). The van der Waals surface area contributed by atoms with Gasteiger partial charge in [-0.1, -0.05) is 30.3 Å². The number of benzene rings is 1. The van der Waals surface area contributed by atoms with Crippen molar-refractivity contribution in [3.63, 3.8) is 0 Å². The second-order valence-electron chi connectivity index (χ2n) is 3.08. The molecule has 82 valence electrons. The van der Waals surface area contributed by atoms with Crippen molar-refractivity contribution in [1.29, 1.82) is 0 Å². The topological polar surface area (TPSA) is 40.5 Å². The zero-order valence-corrected chi connectivity index (χ0v) is 8.90. The minimum Gasteiger partial charge on any atom is -0.480 e. The van der Waals surface area contributed by atoms with Crippen LogP contribution < -0.4 is 0 Å². The van der Waals surface area contributed by atoms with E-state index in [-0.39, 0.29) is 17.4 Å².